The second-order valence-corrected chi connectivity index (χ2v) is 5.80. The summed E-state index contributed by atoms with van der Waals surface area (Å²) in [6.45, 7) is 5.62. The standard InChI is InChI=1S/C16H24N2O2/c1-13-7-9-17(2)15-5-3-4-6-16(15)18(13)11-14-8-10-19-12-20-14/h3-6,13-14H,7-12H2,1-2H3/t13-,14-/m1/s1. The van der Waals surface area contributed by atoms with Crippen molar-refractivity contribution in [2.24, 2.45) is 0 Å². The average Bonchev–Trinajstić information content (AvgIpc) is 2.61. The number of para-hydroxylation sites is 2. The summed E-state index contributed by atoms with van der Waals surface area (Å²) in [7, 11) is 2.18. The molecule has 1 aromatic carbocycles. The Morgan fingerprint density at radius 2 is 2.00 bits per heavy atom. The summed E-state index contributed by atoms with van der Waals surface area (Å²) in [5.74, 6) is 0. The first kappa shape index (κ1) is 13.7. The lowest BCUT2D eigenvalue weighted by Gasteiger charge is -2.35. The minimum Gasteiger partial charge on any atom is -0.373 e. The number of nitrogens with zero attached hydrogens (tertiary/aromatic N) is 2. The highest BCUT2D eigenvalue weighted by Crippen LogP contribution is 2.34. The SMILES string of the molecule is C[C@@H]1CCN(C)c2ccccc2N1C[C@H]1CCOCO1. The molecule has 2 aliphatic heterocycles. The van der Waals surface area contributed by atoms with Gasteiger partial charge in [0.2, 0.25) is 0 Å². The molecule has 0 aromatic heterocycles. The number of hydrogen-bond donors (Lipinski definition) is 0. The molecule has 1 fully saturated rings. The molecule has 0 N–H and O–H groups in total. The van der Waals surface area contributed by atoms with Crippen LogP contribution in [0.1, 0.15) is 19.8 Å². The van der Waals surface area contributed by atoms with Crippen LogP contribution >= 0.6 is 0 Å². The number of hydrogen-bond acceptors (Lipinski definition) is 4. The fourth-order valence-electron chi connectivity index (χ4n) is 3.07. The fraction of sp³-hybridized carbons (Fsp3) is 0.625. The van der Waals surface area contributed by atoms with E-state index in [-0.39, 0.29) is 6.10 Å². The highest BCUT2D eigenvalue weighted by atomic mass is 16.7. The second-order valence-electron chi connectivity index (χ2n) is 5.80. The van der Waals surface area contributed by atoms with Crippen LogP contribution in [0.25, 0.3) is 0 Å². The lowest BCUT2D eigenvalue weighted by Crippen LogP contribution is -2.42. The van der Waals surface area contributed by atoms with Gasteiger partial charge >= 0.3 is 0 Å². The molecule has 1 aromatic rings. The van der Waals surface area contributed by atoms with Gasteiger partial charge in [0.25, 0.3) is 0 Å². The van der Waals surface area contributed by atoms with Crippen molar-refractivity contribution in [3.05, 3.63) is 24.3 Å². The molecule has 110 valence electrons. The monoisotopic (exact) mass is 276 g/mol. The van der Waals surface area contributed by atoms with Crippen LogP contribution in [-0.4, -0.2) is 45.7 Å². The maximum absolute atomic E-state index is 5.73. The van der Waals surface area contributed by atoms with Crippen LogP contribution in [0.4, 0.5) is 11.4 Å². The highest BCUT2D eigenvalue weighted by Gasteiger charge is 2.26. The Labute approximate surface area is 121 Å². The minimum absolute atomic E-state index is 0.280. The van der Waals surface area contributed by atoms with Gasteiger partial charge in [0.15, 0.2) is 0 Å². The van der Waals surface area contributed by atoms with Crippen LogP contribution in [0.15, 0.2) is 24.3 Å². The smallest absolute Gasteiger partial charge is 0.147 e. The molecule has 0 amide bonds. The Balaban J connectivity index is 1.84. The average molecular weight is 276 g/mol. The number of benzene rings is 1. The molecule has 0 bridgehead atoms. The highest BCUT2D eigenvalue weighted by molar-refractivity contribution is 5.72. The first-order valence-electron chi connectivity index (χ1n) is 7.52. The van der Waals surface area contributed by atoms with Crippen molar-refractivity contribution in [1.29, 1.82) is 0 Å². The molecule has 0 saturated carbocycles. The van der Waals surface area contributed by atoms with Crippen molar-refractivity contribution in [3.63, 3.8) is 0 Å². The summed E-state index contributed by atoms with van der Waals surface area (Å²) in [5, 5.41) is 0. The molecule has 20 heavy (non-hydrogen) atoms. The zero-order valence-corrected chi connectivity index (χ0v) is 12.4. The van der Waals surface area contributed by atoms with Crippen LogP contribution in [0.3, 0.4) is 0 Å². The van der Waals surface area contributed by atoms with Gasteiger partial charge in [0.1, 0.15) is 6.79 Å². The zero-order valence-electron chi connectivity index (χ0n) is 12.4. The van der Waals surface area contributed by atoms with E-state index >= 15 is 0 Å². The van der Waals surface area contributed by atoms with E-state index in [1.54, 1.807) is 0 Å². The Kier molecular flexibility index (Phi) is 4.13. The van der Waals surface area contributed by atoms with Crippen LogP contribution in [-0.2, 0) is 9.47 Å². The second kappa shape index (κ2) is 6.02. The van der Waals surface area contributed by atoms with E-state index < -0.39 is 0 Å². The Hall–Kier alpha value is -1.26. The quantitative estimate of drug-likeness (QED) is 0.828. The van der Waals surface area contributed by atoms with Crippen LogP contribution in [0.2, 0.25) is 0 Å². The lowest BCUT2D eigenvalue weighted by molar-refractivity contribution is -0.135. The van der Waals surface area contributed by atoms with E-state index in [2.05, 4.69) is 48.0 Å². The predicted molar refractivity (Wildman–Crippen MR) is 81.4 cm³/mol. The number of anilines is 2. The van der Waals surface area contributed by atoms with Gasteiger partial charge in [-0.05, 0) is 31.9 Å². The van der Waals surface area contributed by atoms with Crippen molar-refractivity contribution in [2.45, 2.75) is 31.9 Å². The molecule has 4 heteroatoms. The van der Waals surface area contributed by atoms with E-state index in [0.717, 1.165) is 26.1 Å². The van der Waals surface area contributed by atoms with Gasteiger partial charge in [-0.2, -0.15) is 0 Å². The third kappa shape index (κ3) is 2.76. The maximum Gasteiger partial charge on any atom is 0.147 e. The van der Waals surface area contributed by atoms with Gasteiger partial charge in [0, 0.05) is 26.2 Å². The largest absolute Gasteiger partial charge is 0.373 e. The molecule has 2 aliphatic rings. The summed E-state index contributed by atoms with van der Waals surface area (Å²) in [4.78, 5) is 4.87. The normalized spacial score (nSPS) is 27.1. The maximum atomic E-state index is 5.73. The Morgan fingerprint density at radius 1 is 1.20 bits per heavy atom. The molecule has 0 unspecified atom stereocenters. The molecule has 2 heterocycles. The Morgan fingerprint density at radius 3 is 2.75 bits per heavy atom. The lowest BCUT2D eigenvalue weighted by atomic mass is 10.1. The first-order chi connectivity index (χ1) is 9.75. The van der Waals surface area contributed by atoms with E-state index in [9.17, 15) is 0 Å². The third-order valence-electron chi connectivity index (χ3n) is 4.39. The van der Waals surface area contributed by atoms with Crippen LogP contribution < -0.4 is 9.80 Å². The summed E-state index contributed by atoms with van der Waals surface area (Å²) in [6.07, 6.45) is 2.44. The zero-order chi connectivity index (χ0) is 13.9. The van der Waals surface area contributed by atoms with Gasteiger partial charge in [-0.1, -0.05) is 12.1 Å². The van der Waals surface area contributed by atoms with E-state index in [4.69, 9.17) is 9.47 Å². The molecule has 4 nitrogen and oxygen atoms in total. The van der Waals surface area contributed by atoms with Gasteiger partial charge in [-0.25, -0.2) is 0 Å². The summed E-state index contributed by atoms with van der Waals surface area (Å²) in [5.41, 5.74) is 2.65. The first-order valence-corrected chi connectivity index (χ1v) is 7.52. The molecule has 0 aliphatic carbocycles. The van der Waals surface area contributed by atoms with Crippen molar-refractivity contribution >= 4 is 11.4 Å². The van der Waals surface area contributed by atoms with Crippen LogP contribution in [0, 0.1) is 0 Å². The minimum atomic E-state index is 0.280. The van der Waals surface area contributed by atoms with Crippen LogP contribution in [0.5, 0.6) is 0 Å². The number of rotatable bonds is 2. The molecular formula is C16H24N2O2. The van der Waals surface area contributed by atoms with Gasteiger partial charge in [-0.3, -0.25) is 0 Å². The van der Waals surface area contributed by atoms with E-state index in [0.29, 0.717) is 12.8 Å². The van der Waals surface area contributed by atoms with E-state index in [1.807, 2.05) is 0 Å². The van der Waals surface area contributed by atoms with Crippen molar-refractivity contribution in [3.8, 4) is 0 Å². The third-order valence-corrected chi connectivity index (χ3v) is 4.39. The van der Waals surface area contributed by atoms with Gasteiger partial charge in [0.05, 0.1) is 24.1 Å². The molecule has 0 radical (unpaired) electrons. The van der Waals surface area contributed by atoms with Crippen molar-refractivity contribution in [1.82, 2.24) is 0 Å². The summed E-state index contributed by atoms with van der Waals surface area (Å²) >= 11 is 0. The number of ether oxygens (including phenoxy) is 2. The number of fused-ring (bicyclic) bond motifs is 1. The molecule has 3 rings (SSSR count). The van der Waals surface area contributed by atoms with Gasteiger partial charge < -0.3 is 19.3 Å². The molecule has 1 saturated heterocycles. The van der Waals surface area contributed by atoms with Crippen molar-refractivity contribution in [2.75, 3.05) is 43.3 Å². The fourth-order valence-corrected chi connectivity index (χ4v) is 3.07. The Bertz CT molecular complexity index is 446. The van der Waals surface area contributed by atoms with E-state index in [1.165, 1.54) is 17.8 Å². The molecule has 0 spiro atoms. The predicted octanol–water partition coefficient (Wildman–Crippen LogP) is 2.48. The van der Waals surface area contributed by atoms with Gasteiger partial charge in [-0.15, -0.1) is 0 Å². The summed E-state index contributed by atoms with van der Waals surface area (Å²) in [6, 6.07) is 9.22. The molecular weight excluding hydrogens is 252 g/mol. The topological polar surface area (TPSA) is 24.9 Å². The van der Waals surface area contributed by atoms with Crippen molar-refractivity contribution < 1.29 is 9.47 Å². The summed E-state index contributed by atoms with van der Waals surface area (Å²) < 4.78 is 11.0. The molecule has 2 atom stereocenters.